The van der Waals surface area contributed by atoms with Crippen LogP contribution in [0.3, 0.4) is 0 Å². The van der Waals surface area contributed by atoms with Crippen molar-refractivity contribution in [3.8, 4) is 0 Å². The van der Waals surface area contributed by atoms with Crippen LogP contribution in [0.1, 0.15) is 46.0 Å². The molecule has 0 saturated carbocycles. The molecule has 114 valence electrons. The van der Waals surface area contributed by atoms with Crippen molar-refractivity contribution in [2.24, 2.45) is 11.3 Å². The first-order chi connectivity index (χ1) is 9.52. The van der Waals surface area contributed by atoms with Crippen LogP contribution in [0.5, 0.6) is 0 Å². The predicted octanol–water partition coefficient (Wildman–Crippen LogP) is 2.92. The first-order valence-electron chi connectivity index (χ1n) is 8.14. The molecule has 3 heteroatoms. The lowest BCUT2D eigenvalue weighted by Gasteiger charge is -2.37. The minimum atomic E-state index is 0.284. The van der Waals surface area contributed by atoms with Crippen LogP contribution >= 0.6 is 0 Å². The van der Waals surface area contributed by atoms with Crippen LogP contribution in [0.15, 0.2) is 12.7 Å². The van der Waals surface area contributed by atoms with Gasteiger partial charge in [0.1, 0.15) is 0 Å². The fourth-order valence-electron chi connectivity index (χ4n) is 3.59. The molecule has 2 saturated heterocycles. The fourth-order valence-corrected chi connectivity index (χ4v) is 3.59. The second-order valence-corrected chi connectivity index (χ2v) is 7.24. The lowest BCUT2D eigenvalue weighted by Crippen LogP contribution is -2.44. The third kappa shape index (κ3) is 4.08. The van der Waals surface area contributed by atoms with Crippen LogP contribution < -0.4 is 0 Å². The standard InChI is InChI=1S/C17H30N2O/c1-4-9-17(2,3)14-18-12-7-15(8-13-18)16(20)19-10-5-6-11-19/h4,15H,1,5-14H2,2-3H3. The molecule has 0 aliphatic carbocycles. The summed E-state index contributed by atoms with van der Waals surface area (Å²) in [6.07, 6.45) is 7.54. The minimum Gasteiger partial charge on any atom is -0.342 e. The van der Waals surface area contributed by atoms with Crippen LogP contribution in [-0.2, 0) is 4.79 Å². The van der Waals surface area contributed by atoms with E-state index < -0.39 is 0 Å². The van der Waals surface area contributed by atoms with Gasteiger partial charge in [0, 0.05) is 25.6 Å². The number of nitrogens with zero attached hydrogens (tertiary/aromatic N) is 2. The van der Waals surface area contributed by atoms with Gasteiger partial charge in [0.05, 0.1) is 0 Å². The van der Waals surface area contributed by atoms with E-state index in [1.165, 1.54) is 12.8 Å². The highest BCUT2D eigenvalue weighted by Crippen LogP contribution is 2.27. The summed E-state index contributed by atoms with van der Waals surface area (Å²) in [6.45, 7) is 13.7. The second kappa shape index (κ2) is 6.75. The van der Waals surface area contributed by atoms with Gasteiger partial charge in [0.15, 0.2) is 0 Å². The molecule has 0 spiro atoms. The lowest BCUT2D eigenvalue weighted by atomic mass is 9.87. The van der Waals surface area contributed by atoms with Crippen molar-refractivity contribution in [3.63, 3.8) is 0 Å². The first kappa shape index (κ1) is 15.6. The van der Waals surface area contributed by atoms with Crippen molar-refractivity contribution in [1.29, 1.82) is 0 Å². The molecule has 0 aromatic rings. The molecule has 0 bridgehead atoms. The molecule has 2 fully saturated rings. The van der Waals surface area contributed by atoms with E-state index in [1.807, 2.05) is 6.08 Å². The molecule has 20 heavy (non-hydrogen) atoms. The van der Waals surface area contributed by atoms with Gasteiger partial charge in [0.2, 0.25) is 5.91 Å². The summed E-state index contributed by atoms with van der Waals surface area (Å²) in [5.74, 6) is 0.708. The summed E-state index contributed by atoms with van der Waals surface area (Å²) < 4.78 is 0. The predicted molar refractivity (Wildman–Crippen MR) is 83.6 cm³/mol. The zero-order valence-corrected chi connectivity index (χ0v) is 13.2. The van der Waals surface area contributed by atoms with Gasteiger partial charge in [-0.15, -0.1) is 6.58 Å². The zero-order valence-electron chi connectivity index (χ0n) is 13.2. The monoisotopic (exact) mass is 278 g/mol. The summed E-state index contributed by atoms with van der Waals surface area (Å²) in [4.78, 5) is 17.0. The number of likely N-dealkylation sites (tertiary alicyclic amines) is 2. The van der Waals surface area contributed by atoms with Crippen LogP contribution in [0.25, 0.3) is 0 Å². The highest BCUT2D eigenvalue weighted by molar-refractivity contribution is 5.79. The smallest absolute Gasteiger partial charge is 0.225 e. The molecule has 0 aromatic carbocycles. The van der Waals surface area contributed by atoms with Crippen LogP contribution in [0.2, 0.25) is 0 Å². The maximum atomic E-state index is 12.4. The molecule has 3 nitrogen and oxygen atoms in total. The molecule has 1 amide bonds. The Kier molecular flexibility index (Phi) is 5.25. The average Bonchev–Trinajstić information content (AvgIpc) is 2.92. The molecule has 0 radical (unpaired) electrons. The number of carbonyl (C=O) groups excluding carboxylic acids is 1. The fraction of sp³-hybridized carbons (Fsp3) is 0.824. The van der Waals surface area contributed by atoms with Crippen LogP contribution in [-0.4, -0.2) is 48.4 Å². The zero-order chi connectivity index (χ0) is 14.6. The van der Waals surface area contributed by atoms with Crippen molar-refractivity contribution in [1.82, 2.24) is 9.80 Å². The van der Waals surface area contributed by atoms with Crippen molar-refractivity contribution in [2.45, 2.75) is 46.0 Å². The Labute approximate surface area is 124 Å². The van der Waals surface area contributed by atoms with E-state index >= 15 is 0 Å². The Balaban J connectivity index is 1.77. The maximum absolute atomic E-state index is 12.4. The first-order valence-corrected chi connectivity index (χ1v) is 8.14. The van der Waals surface area contributed by atoms with E-state index in [-0.39, 0.29) is 5.92 Å². The number of rotatable bonds is 5. The van der Waals surface area contributed by atoms with Gasteiger partial charge < -0.3 is 9.80 Å². The molecule has 2 rings (SSSR count). The van der Waals surface area contributed by atoms with E-state index in [1.54, 1.807) is 0 Å². The number of piperidine rings is 1. The van der Waals surface area contributed by atoms with Gasteiger partial charge in [-0.05, 0) is 50.6 Å². The van der Waals surface area contributed by atoms with Gasteiger partial charge in [-0.1, -0.05) is 19.9 Å². The van der Waals surface area contributed by atoms with Gasteiger partial charge in [-0.3, -0.25) is 4.79 Å². The summed E-state index contributed by atoms with van der Waals surface area (Å²) in [5.41, 5.74) is 0.299. The Morgan fingerprint density at radius 1 is 1.20 bits per heavy atom. The van der Waals surface area contributed by atoms with E-state index in [4.69, 9.17) is 0 Å². The Morgan fingerprint density at radius 2 is 1.80 bits per heavy atom. The highest BCUT2D eigenvalue weighted by Gasteiger charge is 2.31. The molecule has 2 heterocycles. The molecule has 0 N–H and O–H groups in total. The minimum absolute atomic E-state index is 0.284. The summed E-state index contributed by atoms with van der Waals surface area (Å²) >= 11 is 0. The lowest BCUT2D eigenvalue weighted by molar-refractivity contribution is -0.136. The Hall–Kier alpha value is -0.830. The summed E-state index contributed by atoms with van der Waals surface area (Å²) in [6, 6.07) is 0. The molecular formula is C17H30N2O. The number of hydrogen-bond donors (Lipinski definition) is 0. The third-order valence-corrected chi connectivity index (χ3v) is 4.70. The number of amides is 1. The normalized spacial score (nSPS) is 22.2. The Bertz CT molecular complexity index is 337. The van der Waals surface area contributed by atoms with Gasteiger partial charge in [-0.2, -0.15) is 0 Å². The molecule has 0 aromatic heterocycles. The maximum Gasteiger partial charge on any atom is 0.225 e. The van der Waals surface area contributed by atoms with E-state index in [9.17, 15) is 4.79 Å². The quantitative estimate of drug-likeness (QED) is 0.722. The number of carbonyl (C=O) groups is 1. The SMILES string of the molecule is C=CCC(C)(C)CN1CCC(C(=O)N2CCCC2)CC1. The molecule has 2 aliphatic heterocycles. The average molecular weight is 278 g/mol. The summed E-state index contributed by atoms with van der Waals surface area (Å²) in [5, 5.41) is 0. The highest BCUT2D eigenvalue weighted by atomic mass is 16.2. The molecular weight excluding hydrogens is 248 g/mol. The number of hydrogen-bond acceptors (Lipinski definition) is 2. The third-order valence-electron chi connectivity index (χ3n) is 4.70. The number of allylic oxidation sites excluding steroid dienone is 1. The topological polar surface area (TPSA) is 23.6 Å². The second-order valence-electron chi connectivity index (χ2n) is 7.24. The largest absolute Gasteiger partial charge is 0.342 e. The van der Waals surface area contributed by atoms with E-state index in [0.29, 0.717) is 11.3 Å². The molecule has 0 atom stereocenters. The van der Waals surface area contributed by atoms with Gasteiger partial charge >= 0.3 is 0 Å². The van der Waals surface area contributed by atoms with Crippen LogP contribution in [0.4, 0.5) is 0 Å². The van der Waals surface area contributed by atoms with Crippen molar-refractivity contribution in [2.75, 3.05) is 32.7 Å². The van der Waals surface area contributed by atoms with Gasteiger partial charge in [0.25, 0.3) is 0 Å². The summed E-state index contributed by atoms with van der Waals surface area (Å²) in [7, 11) is 0. The van der Waals surface area contributed by atoms with E-state index in [2.05, 4.69) is 30.2 Å². The molecule has 0 unspecified atom stereocenters. The van der Waals surface area contributed by atoms with Crippen LogP contribution in [0, 0.1) is 11.3 Å². The van der Waals surface area contributed by atoms with Crippen molar-refractivity contribution < 1.29 is 4.79 Å². The Morgan fingerprint density at radius 3 is 2.35 bits per heavy atom. The van der Waals surface area contributed by atoms with Gasteiger partial charge in [-0.25, -0.2) is 0 Å². The van der Waals surface area contributed by atoms with Crippen molar-refractivity contribution >= 4 is 5.91 Å². The van der Waals surface area contributed by atoms with Crippen molar-refractivity contribution in [3.05, 3.63) is 12.7 Å². The molecule has 2 aliphatic rings. The van der Waals surface area contributed by atoms with E-state index in [0.717, 1.165) is 52.0 Å².